The van der Waals surface area contributed by atoms with E-state index in [4.69, 9.17) is 0 Å². The number of rotatable bonds is 5. The lowest BCUT2D eigenvalue weighted by molar-refractivity contribution is -0.126. The van der Waals surface area contributed by atoms with Crippen LogP contribution in [0, 0.1) is 6.92 Å². The van der Waals surface area contributed by atoms with Crippen LogP contribution in [-0.4, -0.2) is 11.8 Å². The summed E-state index contributed by atoms with van der Waals surface area (Å²) < 4.78 is 0. The molecule has 0 radical (unpaired) electrons. The van der Waals surface area contributed by atoms with Crippen molar-refractivity contribution in [3.63, 3.8) is 0 Å². The Labute approximate surface area is 124 Å². The molecule has 0 fully saturated rings. The van der Waals surface area contributed by atoms with Crippen LogP contribution in [0.4, 0.5) is 5.69 Å². The van der Waals surface area contributed by atoms with Gasteiger partial charge in [-0.2, -0.15) is 0 Å². The summed E-state index contributed by atoms with van der Waals surface area (Å²) in [7, 11) is 0. The van der Waals surface area contributed by atoms with Crippen molar-refractivity contribution in [2.24, 2.45) is 0 Å². The molecule has 2 amide bonds. The number of aryl methyl sites for hydroxylation is 1. The zero-order valence-corrected chi connectivity index (χ0v) is 11.9. The van der Waals surface area contributed by atoms with Crippen molar-refractivity contribution in [2.75, 3.05) is 5.32 Å². The van der Waals surface area contributed by atoms with Gasteiger partial charge in [-0.15, -0.1) is 0 Å². The normalized spacial score (nSPS) is 9.95. The molecule has 0 saturated heterocycles. The van der Waals surface area contributed by atoms with Crippen molar-refractivity contribution in [1.29, 1.82) is 0 Å². The van der Waals surface area contributed by atoms with Crippen LogP contribution < -0.4 is 10.6 Å². The molecule has 0 unspecified atom stereocenters. The lowest BCUT2D eigenvalue weighted by Gasteiger charge is -2.07. The molecule has 2 aromatic carbocycles. The summed E-state index contributed by atoms with van der Waals surface area (Å²) in [6, 6.07) is 17.0. The number of hydrogen-bond donors (Lipinski definition) is 2. The van der Waals surface area contributed by atoms with Crippen LogP contribution in [0.3, 0.4) is 0 Å². The van der Waals surface area contributed by atoms with Crippen molar-refractivity contribution in [1.82, 2.24) is 5.32 Å². The highest BCUT2D eigenvalue weighted by Gasteiger charge is 2.09. The number of nitrogens with one attached hydrogen (secondary N) is 2. The van der Waals surface area contributed by atoms with Gasteiger partial charge in [0.1, 0.15) is 6.42 Å². The average molecular weight is 282 g/mol. The Bertz CT molecular complexity index is 624. The fourth-order valence-electron chi connectivity index (χ4n) is 1.96. The van der Waals surface area contributed by atoms with Crippen LogP contribution in [0.25, 0.3) is 0 Å². The zero-order chi connectivity index (χ0) is 15.1. The minimum Gasteiger partial charge on any atom is -0.352 e. The average Bonchev–Trinajstić information content (AvgIpc) is 2.46. The van der Waals surface area contributed by atoms with Gasteiger partial charge in [-0.1, -0.05) is 48.0 Å². The highest BCUT2D eigenvalue weighted by Crippen LogP contribution is 2.06. The number of para-hydroxylation sites is 1. The molecule has 4 heteroatoms. The highest BCUT2D eigenvalue weighted by atomic mass is 16.2. The van der Waals surface area contributed by atoms with Gasteiger partial charge in [-0.3, -0.25) is 9.59 Å². The third-order valence-electron chi connectivity index (χ3n) is 2.95. The first-order valence-corrected chi connectivity index (χ1v) is 6.80. The van der Waals surface area contributed by atoms with Crippen LogP contribution in [0.1, 0.15) is 17.5 Å². The second kappa shape index (κ2) is 7.24. The Morgan fingerprint density at radius 1 is 0.952 bits per heavy atom. The fourth-order valence-corrected chi connectivity index (χ4v) is 1.96. The van der Waals surface area contributed by atoms with E-state index >= 15 is 0 Å². The van der Waals surface area contributed by atoms with Gasteiger partial charge in [0.15, 0.2) is 0 Å². The lowest BCUT2D eigenvalue weighted by atomic mass is 10.1. The fraction of sp³-hybridized carbons (Fsp3) is 0.176. The van der Waals surface area contributed by atoms with Crippen LogP contribution in [0.5, 0.6) is 0 Å². The van der Waals surface area contributed by atoms with Gasteiger partial charge in [0, 0.05) is 12.2 Å². The second-order valence-corrected chi connectivity index (χ2v) is 4.86. The molecule has 2 aromatic rings. The predicted molar refractivity (Wildman–Crippen MR) is 82.7 cm³/mol. The third kappa shape index (κ3) is 5.10. The zero-order valence-electron chi connectivity index (χ0n) is 11.9. The maximum Gasteiger partial charge on any atom is 0.233 e. The molecule has 0 atom stereocenters. The molecule has 2 rings (SSSR count). The Morgan fingerprint density at radius 3 is 2.43 bits per heavy atom. The minimum absolute atomic E-state index is 0.180. The standard InChI is InChI=1S/C17H18N2O2/c1-13-6-5-7-14(10-13)12-18-16(20)11-17(21)19-15-8-3-2-4-9-15/h2-10H,11-12H2,1H3,(H,18,20)(H,19,21). The van der Waals surface area contributed by atoms with E-state index in [1.807, 2.05) is 49.4 Å². The van der Waals surface area contributed by atoms with Crippen LogP contribution in [0.15, 0.2) is 54.6 Å². The molecular formula is C17H18N2O2. The number of carbonyl (C=O) groups excluding carboxylic acids is 2. The van der Waals surface area contributed by atoms with Crippen LogP contribution in [0.2, 0.25) is 0 Å². The Kier molecular flexibility index (Phi) is 5.10. The molecule has 0 aliphatic carbocycles. The highest BCUT2D eigenvalue weighted by molar-refractivity contribution is 6.03. The summed E-state index contributed by atoms with van der Waals surface area (Å²) in [5.74, 6) is -0.604. The van der Waals surface area contributed by atoms with E-state index in [9.17, 15) is 9.59 Å². The maximum atomic E-state index is 11.7. The SMILES string of the molecule is Cc1cccc(CNC(=O)CC(=O)Nc2ccccc2)c1. The Morgan fingerprint density at radius 2 is 1.71 bits per heavy atom. The Hall–Kier alpha value is -2.62. The number of amides is 2. The predicted octanol–water partition coefficient (Wildman–Crippen LogP) is 2.64. The molecular weight excluding hydrogens is 264 g/mol. The van der Waals surface area contributed by atoms with Crippen molar-refractivity contribution < 1.29 is 9.59 Å². The van der Waals surface area contributed by atoms with Gasteiger partial charge in [-0.25, -0.2) is 0 Å². The molecule has 108 valence electrons. The van der Waals surface area contributed by atoms with Crippen LogP contribution in [-0.2, 0) is 16.1 Å². The largest absolute Gasteiger partial charge is 0.352 e. The molecule has 0 aliphatic heterocycles. The monoisotopic (exact) mass is 282 g/mol. The van der Waals surface area contributed by atoms with E-state index in [0.717, 1.165) is 11.1 Å². The first-order chi connectivity index (χ1) is 10.1. The van der Waals surface area contributed by atoms with Crippen molar-refractivity contribution in [3.8, 4) is 0 Å². The lowest BCUT2D eigenvalue weighted by Crippen LogP contribution is -2.27. The minimum atomic E-state index is -0.317. The third-order valence-corrected chi connectivity index (χ3v) is 2.95. The van der Waals surface area contributed by atoms with E-state index in [2.05, 4.69) is 10.6 Å². The molecule has 0 aromatic heterocycles. The van der Waals surface area contributed by atoms with E-state index in [-0.39, 0.29) is 18.2 Å². The van der Waals surface area contributed by atoms with Crippen molar-refractivity contribution >= 4 is 17.5 Å². The van der Waals surface area contributed by atoms with Gasteiger partial charge in [0.05, 0.1) is 0 Å². The first kappa shape index (κ1) is 14.8. The van der Waals surface area contributed by atoms with E-state index in [1.54, 1.807) is 12.1 Å². The van der Waals surface area contributed by atoms with Gasteiger partial charge in [-0.05, 0) is 24.6 Å². The molecule has 0 spiro atoms. The van der Waals surface area contributed by atoms with E-state index in [1.165, 1.54) is 0 Å². The topological polar surface area (TPSA) is 58.2 Å². The van der Waals surface area contributed by atoms with Crippen molar-refractivity contribution in [3.05, 3.63) is 65.7 Å². The number of benzene rings is 2. The van der Waals surface area contributed by atoms with Gasteiger partial charge >= 0.3 is 0 Å². The Balaban J connectivity index is 1.78. The molecule has 2 N–H and O–H groups in total. The van der Waals surface area contributed by atoms with E-state index in [0.29, 0.717) is 12.2 Å². The molecule has 0 aliphatic rings. The molecule has 21 heavy (non-hydrogen) atoms. The summed E-state index contributed by atoms with van der Waals surface area (Å²) in [5.41, 5.74) is 2.85. The number of anilines is 1. The number of hydrogen-bond acceptors (Lipinski definition) is 2. The smallest absolute Gasteiger partial charge is 0.233 e. The van der Waals surface area contributed by atoms with Gasteiger partial charge in [0.2, 0.25) is 11.8 Å². The second-order valence-electron chi connectivity index (χ2n) is 4.86. The molecule has 0 saturated carbocycles. The number of carbonyl (C=O) groups is 2. The summed E-state index contributed by atoms with van der Waals surface area (Å²) in [6.07, 6.45) is -0.180. The molecule has 0 bridgehead atoms. The first-order valence-electron chi connectivity index (χ1n) is 6.80. The molecule has 0 heterocycles. The van der Waals surface area contributed by atoms with Crippen molar-refractivity contribution in [2.45, 2.75) is 19.9 Å². The maximum absolute atomic E-state index is 11.7. The summed E-state index contributed by atoms with van der Waals surface area (Å²) >= 11 is 0. The van der Waals surface area contributed by atoms with Gasteiger partial charge < -0.3 is 10.6 Å². The quantitative estimate of drug-likeness (QED) is 0.828. The van der Waals surface area contributed by atoms with Crippen LogP contribution >= 0.6 is 0 Å². The summed E-state index contributed by atoms with van der Waals surface area (Å²) in [5, 5.41) is 5.42. The van der Waals surface area contributed by atoms with E-state index < -0.39 is 0 Å². The molecule has 4 nitrogen and oxygen atoms in total. The summed E-state index contributed by atoms with van der Waals surface area (Å²) in [6.45, 7) is 2.43. The summed E-state index contributed by atoms with van der Waals surface area (Å²) in [4.78, 5) is 23.4. The van der Waals surface area contributed by atoms with Gasteiger partial charge in [0.25, 0.3) is 0 Å².